The van der Waals surface area contributed by atoms with Crippen molar-refractivity contribution in [1.82, 2.24) is 0 Å². The Kier molecular flexibility index (Phi) is 8.40. The molecular formula is C38H30P2. The second kappa shape index (κ2) is 12.8. The molecule has 0 atom stereocenters. The van der Waals surface area contributed by atoms with Gasteiger partial charge in [0, 0.05) is 10.6 Å². The van der Waals surface area contributed by atoms with Gasteiger partial charge in [0.15, 0.2) is 0 Å². The van der Waals surface area contributed by atoms with Gasteiger partial charge in [0.2, 0.25) is 0 Å². The summed E-state index contributed by atoms with van der Waals surface area (Å²) >= 11 is 0. The molecular weight excluding hydrogens is 518 g/mol. The molecule has 0 saturated heterocycles. The minimum absolute atomic E-state index is 0.871. The molecule has 0 radical (unpaired) electrons. The molecule has 6 aromatic carbocycles. The van der Waals surface area contributed by atoms with E-state index in [2.05, 4.69) is 182 Å². The van der Waals surface area contributed by atoms with Gasteiger partial charge in [-0.3, -0.25) is 0 Å². The first-order valence-corrected chi connectivity index (χ1v) is 16.2. The summed E-state index contributed by atoms with van der Waals surface area (Å²) in [5.74, 6) is 0. The van der Waals surface area contributed by atoms with Crippen molar-refractivity contribution in [3.05, 3.63) is 193 Å². The molecule has 6 aromatic rings. The molecule has 40 heavy (non-hydrogen) atoms. The summed E-state index contributed by atoms with van der Waals surface area (Å²) in [6, 6.07) is 66.4. The summed E-state index contributed by atoms with van der Waals surface area (Å²) < 4.78 is 0. The van der Waals surface area contributed by atoms with Crippen LogP contribution in [-0.2, 0) is 0 Å². The Morgan fingerprint density at radius 3 is 0.675 bits per heavy atom. The van der Waals surface area contributed by atoms with Crippen LogP contribution in [-0.4, -0.2) is 0 Å². The van der Waals surface area contributed by atoms with Crippen LogP contribution >= 0.6 is 15.8 Å². The van der Waals surface area contributed by atoms with Gasteiger partial charge in [0.1, 0.15) is 0 Å². The Balaban J connectivity index is 1.78. The van der Waals surface area contributed by atoms with Gasteiger partial charge in [-0.2, -0.15) is 0 Å². The van der Waals surface area contributed by atoms with Crippen LogP contribution in [0.1, 0.15) is 11.1 Å². The van der Waals surface area contributed by atoms with Crippen molar-refractivity contribution in [2.24, 2.45) is 0 Å². The van der Waals surface area contributed by atoms with Gasteiger partial charge in [-0.1, -0.05) is 182 Å². The van der Waals surface area contributed by atoms with Crippen LogP contribution in [0.25, 0.3) is 10.6 Å². The Bertz CT molecular complexity index is 1440. The molecule has 0 heterocycles. The van der Waals surface area contributed by atoms with Gasteiger partial charge in [-0.15, -0.1) is 0 Å². The molecule has 0 nitrogen and oxygen atoms in total. The molecule has 192 valence electrons. The highest BCUT2D eigenvalue weighted by Crippen LogP contribution is 2.61. The molecule has 0 aromatic heterocycles. The van der Waals surface area contributed by atoms with Crippen LogP contribution in [0.3, 0.4) is 0 Å². The molecule has 6 rings (SSSR count). The number of hydrogen-bond acceptors (Lipinski definition) is 0. The third-order valence-electron chi connectivity index (χ3n) is 6.82. The van der Waals surface area contributed by atoms with E-state index in [0.29, 0.717) is 0 Å². The van der Waals surface area contributed by atoms with Crippen LogP contribution in [0, 0.1) is 0 Å². The van der Waals surface area contributed by atoms with Crippen LogP contribution < -0.4 is 21.2 Å². The lowest BCUT2D eigenvalue weighted by Crippen LogP contribution is -2.17. The second-order valence-corrected chi connectivity index (χ2v) is 13.7. The molecule has 0 saturated carbocycles. The highest BCUT2D eigenvalue weighted by Gasteiger charge is 2.30. The highest BCUT2D eigenvalue weighted by atomic mass is 31.1. The van der Waals surface area contributed by atoms with Crippen LogP contribution in [0.4, 0.5) is 0 Å². The van der Waals surface area contributed by atoms with Crippen molar-refractivity contribution < 1.29 is 0 Å². The Hall–Kier alpha value is -4.08. The minimum Gasteiger partial charge on any atom is -0.0622 e. The van der Waals surface area contributed by atoms with Crippen molar-refractivity contribution in [3.63, 3.8) is 0 Å². The van der Waals surface area contributed by atoms with Crippen LogP contribution in [0.15, 0.2) is 182 Å². The molecule has 0 spiro atoms. The maximum absolute atomic E-state index is 2.30. The van der Waals surface area contributed by atoms with Crippen molar-refractivity contribution >= 4 is 47.7 Å². The third kappa shape index (κ3) is 5.76. The highest BCUT2D eigenvalue weighted by molar-refractivity contribution is 7.88. The second-order valence-electron chi connectivity index (χ2n) is 9.44. The van der Waals surface area contributed by atoms with Crippen LogP contribution in [0.2, 0.25) is 0 Å². The summed E-state index contributed by atoms with van der Waals surface area (Å²) in [6.45, 7) is 0. The molecule has 0 fully saturated rings. The minimum atomic E-state index is -0.871. The molecule has 0 N–H and O–H groups in total. The molecule has 0 bridgehead atoms. The van der Waals surface area contributed by atoms with E-state index in [1.807, 2.05) is 0 Å². The number of benzene rings is 6. The summed E-state index contributed by atoms with van der Waals surface area (Å²) in [5, 5.41) is 8.24. The molecule has 2 heteroatoms. The average Bonchev–Trinajstić information content (AvgIpc) is 3.05. The fraction of sp³-hybridized carbons (Fsp3) is 0. The maximum atomic E-state index is 2.30. The van der Waals surface area contributed by atoms with Crippen LogP contribution in [0.5, 0.6) is 0 Å². The quantitative estimate of drug-likeness (QED) is 0.132. The maximum Gasteiger partial charge on any atom is 0.00110 e. The molecule has 0 amide bonds. The summed E-state index contributed by atoms with van der Waals surface area (Å²) in [6.07, 6.45) is 0. The number of rotatable bonds is 8. The monoisotopic (exact) mass is 548 g/mol. The predicted molar refractivity (Wildman–Crippen MR) is 178 cm³/mol. The molecule has 0 aliphatic rings. The van der Waals surface area contributed by atoms with Crippen molar-refractivity contribution in [2.45, 2.75) is 0 Å². The fourth-order valence-electron chi connectivity index (χ4n) is 5.06. The standard InChI is InChI=1S/C38H30P2/c1-7-19-31(20-8-1)37(39(33-23-11-3-12-24-33)34-25-13-4-14-26-34)38(32-21-9-2-10-22-32)40(35-27-15-5-16-28-35)36-29-17-6-18-30-36/h1-30H. The predicted octanol–water partition coefficient (Wildman–Crippen LogP) is 8.78. The molecule has 0 unspecified atom stereocenters. The topological polar surface area (TPSA) is 0 Å². The summed E-state index contributed by atoms with van der Waals surface area (Å²) in [5.41, 5.74) is 2.55. The Labute approximate surface area is 240 Å². The zero-order valence-corrected chi connectivity index (χ0v) is 24.0. The molecule has 0 aliphatic heterocycles. The average molecular weight is 549 g/mol. The zero-order chi connectivity index (χ0) is 27.0. The Morgan fingerprint density at radius 1 is 0.250 bits per heavy atom. The third-order valence-corrected chi connectivity index (χ3v) is 12.1. The normalized spacial score (nSPS) is 11.8. The van der Waals surface area contributed by atoms with E-state index in [0.717, 1.165) is 0 Å². The first-order valence-electron chi connectivity index (χ1n) is 13.6. The smallest absolute Gasteiger partial charge is 0.00110 e. The fourth-order valence-corrected chi connectivity index (χ4v) is 10.7. The van der Waals surface area contributed by atoms with E-state index in [1.165, 1.54) is 43.0 Å². The lowest BCUT2D eigenvalue weighted by molar-refractivity contribution is 1.62. The van der Waals surface area contributed by atoms with E-state index in [-0.39, 0.29) is 0 Å². The molecule has 0 aliphatic carbocycles. The SMILES string of the molecule is c1ccc(C(=C(c2ccccc2)P(c2ccccc2)c2ccccc2)P(c2ccccc2)c2ccccc2)cc1. The van der Waals surface area contributed by atoms with Gasteiger partial charge in [0.25, 0.3) is 0 Å². The van der Waals surface area contributed by atoms with Gasteiger partial charge in [-0.05, 0) is 48.2 Å². The van der Waals surface area contributed by atoms with E-state index in [9.17, 15) is 0 Å². The first-order chi connectivity index (χ1) is 19.9. The lowest BCUT2D eigenvalue weighted by atomic mass is 10.1. The number of hydrogen-bond donors (Lipinski definition) is 0. The largest absolute Gasteiger partial charge is 0.0622 e. The van der Waals surface area contributed by atoms with E-state index in [1.54, 1.807) is 0 Å². The van der Waals surface area contributed by atoms with E-state index >= 15 is 0 Å². The van der Waals surface area contributed by atoms with Gasteiger partial charge in [-0.25, -0.2) is 0 Å². The van der Waals surface area contributed by atoms with E-state index in [4.69, 9.17) is 0 Å². The van der Waals surface area contributed by atoms with Gasteiger partial charge < -0.3 is 0 Å². The van der Waals surface area contributed by atoms with E-state index < -0.39 is 15.8 Å². The zero-order valence-electron chi connectivity index (χ0n) is 22.2. The summed E-state index contributed by atoms with van der Waals surface area (Å²) in [4.78, 5) is 0. The van der Waals surface area contributed by atoms with Gasteiger partial charge in [0.05, 0.1) is 0 Å². The van der Waals surface area contributed by atoms with Crippen molar-refractivity contribution in [1.29, 1.82) is 0 Å². The van der Waals surface area contributed by atoms with Crippen molar-refractivity contribution in [2.75, 3.05) is 0 Å². The first kappa shape index (κ1) is 26.2. The Morgan fingerprint density at radius 2 is 0.450 bits per heavy atom. The lowest BCUT2D eigenvalue weighted by Gasteiger charge is -2.31. The van der Waals surface area contributed by atoms with Gasteiger partial charge >= 0.3 is 0 Å². The van der Waals surface area contributed by atoms with Crippen molar-refractivity contribution in [3.8, 4) is 0 Å². The summed E-state index contributed by atoms with van der Waals surface area (Å²) in [7, 11) is -1.74.